The Hall–Kier alpha value is -2.23. The minimum atomic E-state index is -0.476. The molecule has 28 heavy (non-hydrogen) atoms. The molecule has 0 spiro atoms. The summed E-state index contributed by atoms with van der Waals surface area (Å²) in [6.45, 7) is 2.73. The molecule has 9 heteroatoms. The highest BCUT2D eigenvalue weighted by atomic mass is 32.1. The minimum absolute atomic E-state index is 0.0540. The van der Waals surface area contributed by atoms with Crippen LogP contribution in [0.4, 0.5) is 5.00 Å². The second kappa shape index (κ2) is 8.02. The molecule has 2 aromatic rings. The number of thiophene rings is 2. The largest absolute Gasteiger partial charge is 0.365 e. The first-order chi connectivity index (χ1) is 13.5. The molecule has 4 rings (SSSR count). The van der Waals surface area contributed by atoms with Gasteiger partial charge in [-0.05, 0) is 36.3 Å². The summed E-state index contributed by atoms with van der Waals surface area (Å²) in [4.78, 5) is 42.5. The van der Waals surface area contributed by atoms with Crippen molar-refractivity contribution in [3.63, 3.8) is 0 Å². The Kier molecular flexibility index (Phi) is 5.47. The molecule has 148 valence electrons. The Balaban J connectivity index is 1.32. The Labute approximate surface area is 171 Å². The number of anilines is 1. The number of nitrogens with zero attached hydrogens (tertiary/aromatic N) is 2. The van der Waals surface area contributed by atoms with Gasteiger partial charge in [-0.2, -0.15) is 0 Å². The lowest BCUT2D eigenvalue weighted by Crippen LogP contribution is -2.50. The zero-order chi connectivity index (χ0) is 19.7. The van der Waals surface area contributed by atoms with Crippen LogP contribution >= 0.6 is 22.7 Å². The molecule has 0 radical (unpaired) electrons. The molecule has 1 aliphatic heterocycles. The van der Waals surface area contributed by atoms with Crippen LogP contribution in [-0.4, -0.2) is 60.2 Å². The van der Waals surface area contributed by atoms with Crippen molar-refractivity contribution in [2.24, 2.45) is 5.73 Å². The van der Waals surface area contributed by atoms with Crippen molar-refractivity contribution in [3.05, 3.63) is 38.4 Å². The molecule has 2 aromatic heterocycles. The number of carbonyl (C=O) groups excluding carboxylic acids is 3. The standard InChI is InChI=1S/C19H22N4O3S2/c20-17(25)16-12-3-1-4-13(12)28-18(16)21-15(24)11-22-6-8-23(9-7-22)19(26)14-5-2-10-27-14/h2,5,10H,1,3-4,6-9,11H2,(H2,20,25)(H,21,24). The Morgan fingerprint density at radius 3 is 2.61 bits per heavy atom. The summed E-state index contributed by atoms with van der Waals surface area (Å²) in [6, 6.07) is 3.71. The molecular weight excluding hydrogens is 396 g/mol. The molecular formula is C19H22N4O3S2. The first-order valence-electron chi connectivity index (χ1n) is 9.32. The van der Waals surface area contributed by atoms with Crippen LogP contribution in [0.5, 0.6) is 0 Å². The first-order valence-corrected chi connectivity index (χ1v) is 11.0. The van der Waals surface area contributed by atoms with Crippen molar-refractivity contribution < 1.29 is 14.4 Å². The molecule has 0 aromatic carbocycles. The molecule has 1 saturated heterocycles. The van der Waals surface area contributed by atoms with Gasteiger partial charge >= 0.3 is 0 Å². The summed E-state index contributed by atoms with van der Waals surface area (Å²) in [5, 5.41) is 5.36. The summed E-state index contributed by atoms with van der Waals surface area (Å²) >= 11 is 2.91. The van der Waals surface area contributed by atoms with E-state index in [9.17, 15) is 14.4 Å². The maximum atomic E-state index is 12.5. The number of aryl methyl sites for hydroxylation is 1. The minimum Gasteiger partial charge on any atom is -0.365 e. The monoisotopic (exact) mass is 418 g/mol. The highest BCUT2D eigenvalue weighted by Crippen LogP contribution is 2.38. The third-order valence-electron chi connectivity index (χ3n) is 5.18. The lowest BCUT2D eigenvalue weighted by Gasteiger charge is -2.34. The van der Waals surface area contributed by atoms with Crippen molar-refractivity contribution in [1.82, 2.24) is 9.80 Å². The first kappa shape index (κ1) is 19.1. The van der Waals surface area contributed by atoms with Gasteiger partial charge in [0.05, 0.1) is 17.0 Å². The number of carbonyl (C=O) groups is 3. The van der Waals surface area contributed by atoms with Gasteiger partial charge in [0.1, 0.15) is 5.00 Å². The zero-order valence-corrected chi connectivity index (χ0v) is 17.0. The highest BCUT2D eigenvalue weighted by molar-refractivity contribution is 7.17. The van der Waals surface area contributed by atoms with Gasteiger partial charge in [-0.15, -0.1) is 22.7 Å². The van der Waals surface area contributed by atoms with Crippen LogP contribution in [0.25, 0.3) is 0 Å². The Morgan fingerprint density at radius 2 is 1.93 bits per heavy atom. The van der Waals surface area contributed by atoms with E-state index in [2.05, 4.69) is 5.32 Å². The van der Waals surface area contributed by atoms with Gasteiger partial charge in [0.15, 0.2) is 0 Å². The number of rotatable bonds is 5. The van der Waals surface area contributed by atoms with Crippen molar-refractivity contribution in [3.8, 4) is 0 Å². The van der Waals surface area contributed by atoms with Crippen LogP contribution in [-0.2, 0) is 17.6 Å². The van der Waals surface area contributed by atoms with E-state index < -0.39 is 5.91 Å². The molecule has 0 unspecified atom stereocenters. The van der Waals surface area contributed by atoms with E-state index in [1.165, 1.54) is 22.7 Å². The third-order valence-corrected chi connectivity index (χ3v) is 7.24. The summed E-state index contributed by atoms with van der Waals surface area (Å²) in [5.41, 5.74) is 7.04. The molecule has 3 amide bonds. The number of fused-ring (bicyclic) bond motifs is 1. The smallest absolute Gasteiger partial charge is 0.264 e. The van der Waals surface area contributed by atoms with Crippen molar-refractivity contribution >= 4 is 45.4 Å². The number of nitrogens with two attached hydrogens (primary N) is 1. The summed E-state index contributed by atoms with van der Waals surface area (Å²) < 4.78 is 0. The quantitative estimate of drug-likeness (QED) is 0.774. The van der Waals surface area contributed by atoms with Crippen LogP contribution in [0.3, 0.4) is 0 Å². The molecule has 0 atom stereocenters. The maximum absolute atomic E-state index is 12.5. The lowest BCUT2D eigenvalue weighted by molar-refractivity contribution is -0.117. The zero-order valence-electron chi connectivity index (χ0n) is 15.4. The van der Waals surface area contributed by atoms with E-state index in [1.54, 1.807) is 0 Å². The average Bonchev–Trinajstić information content (AvgIpc) is 3.38. The van der Waals surface area contributed by atoms with Crippen LogP contribution in [0.15, 0.2) is 17.5 Å². The second-order valence-corrected chi connectivity index (χ2v) is 9.07. The maximum Gasteiger partial charge on any atom is 0.264 e. The molecule has 3 heterocycles. The summed E-state index contributed by atoms with van der Waals surface area (Å²) in [5.74, 6) is -0.575. The van der Waals surface area contributed by atoms with Crippen LogP contribution in [0, 0.1) is 0 Å². The van der Waals surface area contributed by atoms with Crippen molar-refractivity contribution in [2.45, 2.75) is 19.3 Å². The fraction of sp³-hybridized carbons (Fsp3) is 0.421. The van der Waals surface area contributed by atoms with E-state index in [0.717, 1.165) is 34.6 Å². The van der Waals surface area contributed by atoms with Crippen LogP contribution < -0.4 is 11.1 Å². The van der Waals surface area contributed by atoms with Gasteiger partial charge in [0.2, 0.25) is 5.91 Å². The molecule has 7 nitrogen and oxygen atoms in total. The number of hydrogen-bond acceptors (Lipinski definition) is 6. The molecule has 1 fully saturated rings. The summed E-state index contributed by atoms with van der Waals surface area (Å²) in [6.07, 6.45) is 2.82. The topological polar surface area (TPSA) is 95.7 Å². The average molecular weight is 419 g/mol. The van der Waals surface area contributed by atoms with E-state index >= 15 is 0 Å². The lowest BCUT2D eigenvalue weighted by atomic mass is 10.1. The number of amides is 3. The van der Waals surface area contributed by atoms with Gasteiger partial charge in [-0.1, -0.05) is 6.07 Å². The molecule has 0 saturated carbocycles. The number of primary amides is 1. The number of piperazine rings is 1. The van der Waals surface area contributed by atoms with Crippen molar-refractivity contribution in [1.29, 1.82) is 0 Å². The van der Waals surface area contributed by atoms with E-state index in [1.807, 2.05) is 27.3 Å². The van der Waals surface area contributed by atoms with Gasteiger partial charge < -0.3 is 16.0 Å². The number of nitrogens with one attached hydrogen (secondary N) is 1. The van der Waals surface area contributed by atoms with Crippen molar-refractivity contribution in [2.75, 3.05) is 38.0 Å². The van der Waals surface area contributed by atoms with E-state index in [4.69, 9.17) is 5.73 Å². The molecule has 2 aliphatic rings. The van der Waals surface area contributed by atoms with Crippen LogP contribution in [0.2, 0.25) is 0 Å². The predicted molar refractivity (Wildman–Crippen MR) is 110 cm³/mol. The van der Waals surface area contributed by atoms with E-state index in [-0.39, 0.29) is 18.4 Å². The van der Waals surface area contributed by atoms with E-state index in [0.29, 0.717) is 36.7 Å². The predicted octanol–water partition coefficient (Wildman–Crippen LogP) is 1.79. The highest BCUT2D eigenvalue weighted by Gasteiger charge is 2.27. The number of hydrogen-bond donors (Lipinski definition) is 2. The van der Waals surface area contributed by atoms with Gasteiger partial charge in [0.25, 0.3) is 11.8 Å². The fourth-order valence-electron chi connectivity index (χ4n) is 3.79. The SMILES string of the molecule is NC(=O)c1c(NC(=O)CN2CCN(C(=O)c3cccs3)CC2)sc2c1CCC2. The Morgan fingerprint density at radius 1 is 1.14 bits per heavy atom. The van der Waals surface area contributed by atoms with Gasteiger partial charge in [0, 0.05) is 31.1 Å². The fourth-order valence-corrected chi connectivity index (χ4v) is 5.79. The second-order valence-electron chi connectivity index (χ2n) is 7.02. The van der Waals surface area contributed by atoms with Gasteiger partial charge in [-0.25, -0.2) is 0 Å². The third kappa shape index (κ3) is 3.82. The van der Waals surface area contributed by atoms with Gasteiger partial charge in [-0.3, -0.25) is 19.3 Å². The molecule has 3 N–H and O–H groups in total. The molecule has 0 bridgehead atoms. The van der Waals surface area contributed by atoms with Crippen LogP contribution in [0.1, 0.15) is 36.9 Å². The molecule has 1 aliphatic carbocycles. The normalized spacial score (nSPS) is 16.8. The summed E-state index contributed by atoms with van der Waals surface area (Å²) in [7, 11) is 0. The Bertz CT molecular complexity index is 899.